The number of piperazine rings is 1. The van der Waals surface area contributed by atoms with Gasteiger partial charge >= 0.3 is 0 Å². The fourth-order valence-corrected chi connectivity index (χ4v) is 5.61. The zero-order chi connectivity index (χ0) is 23.7. The van der Waals surface area contributed by atoms with Gasteiger partial charge in [0.05, 0.1) is 4.90 Å². The van der Waals surface area contributed by atoms with Gasteiger partial charge in [-0.2, -0.15) is 4.31 Å². The first kappa shape index (κ1) is 22.2. The van der Waals surface area contributed by atoms with Crippen molar-refractivity contribution in [1.29, 1.82) is 0 Å². The molecule has 0 unspecified atom stereocenters. The lowest BCUT2D eigenvalue weighted by molar-refractivity contribution is 0.383. The van der Waals surface area contributed by atoms with Crippen LogP contribution < -0.4 is 10.2 Å². The van der Waals surface area contributed by atoms with Crippen molar-refractivity contribution in [2.75, 3.05) is 36.4 Å². The Kier molecular flexibility index (Phi) is 5.89. The zero-order valence-corrected chi connectivity index (χ0v) is 20.0. The van der Waals surface area contributed by atoms with Crippen LogP contribution in [0, 0.1) is 13.8 Å². The highest BCUT2D eigenvalue weighted by atomic mass is 32.2. The number of hydrogen-bond donors (Lipinski definition) is 1. The Bertz CT molecular complexity index is 1450. The second kappa shape index (κ2) is 9.00. The van der Waals surface area contributed by atoms with Gasteiger partial charge in [0.1, 0.15) is 23.3 Å². The van der Waals surface area contributed by atoms with Gasteiger partial charge in [0.25, 0.3) is 0 Å². The summed E-state index contributed by atoms with van der Waals surface area (Å²) in [7, 11) is -3.57. The number of rotatable bonds is 5. The lowest BCUT2D eigenvalue weighted by Crippen LogP contribution is -2.49. The molecule has 0 radical (unpaired) electrons. The number of sulfonamides is 1. The SMILES string of the molecule is Cc1ccnc(Nc2cc(N3CCN(S(=O)(=O)c4ccc5ccccc5c4)CC3)nc(C)n2)c1. The molecule has 0 bridgehead atoms. The third-order valence-corrected chi connectivity index (χ3v) is 7.81. The Morgan fingerprint density at radius 2 is 1.59 bits per heavy atom. The molecule has 1 aliphatic rings. The standard InChI is InChI=1S/C25H26N6O2S/c1-18-9-10-26-23(15-18)29-24-17-25(28-19(2)27-24)30-11-13-31(14-12-30)34(32,33)22-8-7-20-5-3-4-6-21(20)16-22/h3-10,15-17H,11-14H2,1-2H3,(H,26,27,28,29). The number of pyridine rings is 1. The van der Waals surface area contributed by atoms with E-state index in [0.29, 0.717) is 42.7 Å². The maximum Gasteiger partial charge on any atom is 0.243 e. The Morgan fingerprint density at radius 3 is 2.35 bits per heavy atom. The summed E-state index contributed by atoms with van der Waals surface area (Å²) in [5.74, 6) is 2.78. The molecule has 34 heavy (non-hydrogen) atoms. The topological polar surface area (TPSA) is 91.3 Å². The highest BCUT2D eigenvalue weighted by molar-refractivity contribution is 7.89. The number of nitrogens with one attached hydrogen (secondary N) is 1. The Hall–Kier alpha value is -3.56. The number of anilines is 3. The molecule has 2 aromatic heterocycles. The smallest absolute Gasteiger partial charge is 0.243 e. The monoisotopic (exact) mass is 474 g/mol. The van der Waals surface area contributed by atoms with Gasteiger partial charge in [-0.15, -0.1) is 0 Å². The largest absolute Gasteiger partial charge is 0.354 e. The molecule has 3 heterocycles. The Morgan fingerprint density at radius 1 is 0.824 bits per heavy atom. The van der Waals surface area contributed by atoms with Crippen molar-refractivity contribution in [1.82, 2.24) is 19.3 Å². The summed E-state index contributed by atoms with van der Waals surface area (Å²) in [6, 6.07) is 18.8. The fraction of sp³-hybridized carbons (Fsp3) is 0.240. The summed E-state index contributed by atoms with van der Waals surface area (Å²) >= 11 is 0. The first-order valence-corrected chi connectivity index (χ1v) is 12.6. The van der Waals surface area contributed by atoms with Crippen molar-refractivity contribution >= 4 is 38.2 Å². The van der Waals surface area contributed by atoms with E-state index < -0.39 is 10.0 Å². The van der Waals surface area contributed by atoms with Crippen LogP contribution in [0.3, 0.4) is 0 Å². The van der Waals surface area contributed by atoms with E-state index in [9.17, 15) is 8.42 Å². The quantitative estimate of drug-likeness (QED) is 0.469. The number of aryl methyl sites for hydroxylation is 2. The summed E-state index contributed by atoms with van der Waals surface area (Å²) in [6.45, 7) is 5.73. The highest BCUT2D eigenvalue weighted by Crippen LogP contribution is 2.25. The van der Waals surface area contributed by atoms with Crippen LogP contribution in [0.2, 0.25) is 0 Å². The van der Waals surface area contributed by atoms with E-state index in [-0.39, 0.29) is 0 Å². The lowest BCUT2D eigenvalue weighted by Gasteiger charge is -2.34. The highest BCUT2D eigenvalue weighted by Gasteiger charge is 2.29. The van der Waals surface area contributed by atoms with Crippen LogP contribution in [0.5, 0.6) is 0 Å². The van der Waals surface area contributed by atoms with Crippen LogP contribution in [0.25, 0.3) is 10.8 Å². The molecule has 1 N–H and O–H groups in total. The number of hydrogen-bond acceptors (Lipinski definition) is 7. The minimum atomic E-state index is -3.57. The van der Waals surface area contributed by atoms with Crippen molar-refractivity contribution in [3.05, 3.63) is 78.2 Å². The molecule has 0 spiro atoms. The molecule has 0 saturated carbocycles. The average molecular weight is 475 g/mol. The molecule has 1 saturated heterocycles. The predicted octanol–water partition coefficient (Wildman–Crippen LogP) is 3.90. The molecular weight excluding hydrogens is 448 g/mol. The van der Waals surface area contributed by atoms with E-state index in [2.05, 4.69) is 25.2 Å². The van der Waals surface area contributed by atoms with E-state index in [1.807, 2.05) is 62.4 Å². The van der Waals surface area contributed by atoms with Gasteiger partial charge in [0.15, 0.2) is 0 Å². The first-order valence-electron chi connectivity index (χ1n) is 11.2. The molecule has 1 fully saturated rings. The fourth-order valence-electron chi connectivity index (χ4n) is 4.15. The summed E-state index contributed by atoms with van der Waals surface area (Å²) < 4.78 is 28.1. The molecule has 5 rings (SSSR count). The van der Waals surface area contributed by atoms with E-state index in [0.717, 1.165) is 28.0 Å². The van der Waals surface area contributed by atoms with Crippen molar-refractivity contribution in [2.45, 2.75) is 18.7 Å². The maximum atomic E-state index is 13.3. The van der Waals surface area contributed by atoms with Gasteiger partial charge in [0.2, 0.25) is 10.0 Å². The summed E-state index contributed by atoms with van der Waals surface area (Å²) in [5.41, 5.74) is 1.10. The van der Waals surface area contributed by atoms with Crippen LogP contribution in [0.15, 0.2) is 71.8 Å². The van der Waals surface area contributed by atoms with Crippen molar-refractivity contribution in [3.8, 4) is 0 Å². The number of aromatic nitrogens is 3. The second-order valence-corrected chi connectivity index (χ2v) is 10.3. The van der Waals surface area contributed by atoms with Crippen molar-refractivity contribution < 1.29 is 8.42 Å². The molecule has 174 valence electrons. The second-order valence-electron chi connectivity index (χ2n) is 8.40. The van der Waals surface area contributed by atoms with Crippen LogP contribution in [0.4, 0.5) is 17.5 Å². The zero-order valence-electron chi connectivity index (χ0n) is 19.1. The summed E-state index contributed by atoms with van der Waals surface area (Å²) in [6.07, 6.45) is 1.75. The van der Waals surface area contributed by atoms with E-state index in [1.54, 1.807) is 22.6 Å². The third kappa shape index (κ3) is 4.57. The van der Waals surface area contributed by atoms with Gasteiger partial charge in [-0.1, -0.05) is 30.3 Å². The minimum Gasteiger partial charge on any atom is -0.354 e. The molecule has 4 aromatic rings. The van der Waals surface area contributed by atoms with Crippen LogP contribution in [-0.2, 0) is 10.0 Å². The molecule has 1 aliphatic heterocycles. The Labute approximate surface area is 199 Å². The van der Waals surface area contributed by atoms with Crippen LogP contribution in [0.1, 0.15) is 11.4 Å². The lowest BCUT2D eigenvalue weighted by atomic mass is 10.1. The normalized spacial score (nSPS) is 14.9. The molecule has 0 aliphatic carbocycles. The van der Waals surface area contributed by atoms with Gasteiger partial charge in [-0.3, -0.25) is 0 Å². The van der Waals surface area contributed by atoms with Crippen LogP contribution in [-0.4, -0.2) is 53.9 Å². The molecule has 9 heteroatoms. The first-order chi connectivity index (χ1) is 16.4. The van der Waals surface area contributed by atoms with Gasteiger partial charge in [-0.05, 0) is 54.4 Å². The summed E-state index contributed by atoms with van der Waals surface area (Å²) in [4.78, 5) is 15.8. The maximum absolute atomic E-state index is 13.3. The van der Waals surface area contributed by atoms with E-state index in [4.69, 9.17) is 0 Å². The number of fused-ring (bicyclic) bond motifs is 1. The predicted molar refractivity (Wildman–Crippen MR) is 134 cm³/mol. The van der Waals surface area contributed by atoms with Crippen molar-refractivity contribution in [3.63, 3.8) is 0 Å². The van der Waals surface area contributed by atoms with Gasteiger partial charge in [-0.25, -0.2) is 23.4 Å². The number of nitrogens with zero attached hydrogens (tertiary/aromatic N) is 5. The van der Waals surface area contributed by atoms with Gasteiger partial charge < -0.3 is 10.2 Å². The molecule has 0 atom stereocenters. The van der Waals surface area contributed by atoms with Crippen LogP contribution >= 0.6 is 0 Å². The molecule has 2 aromatic carbocycles. The Balaban J connectivity index is 1.31. The van der Waals surface area contributed by atoms with Gasteiger partial charge in [0, 0.05) is 38.4 Å². The third-order valence-electron chi connectivity index (χ3n) is 5.92. The van der Waals surface area contributed by atoms with Crippen molar-refractivity contribution in [2.24, 2.45) is 0 Å². The molecular formula is C25H26N6O2S. The van der Waals surface area contributed by atoms with E-state index in [1.165, 1.54) is 0 Å². The number of benzene rings is 2. The molecule has 8 nitrogen and oxygen atoms in total. The van der Waals surface area contributed by atoms with E-state index >= 15 is 0 Å². The summed E-state index contributed by atoms with van der Waals surface area (Å²) in [5, 5.41) is 5.18. The average Bonchev–Trinajstić information content (AvgIpc) is 2.83. The molecule has 0 amide bonds. The minimum absolute atomic E-state index is 0.328.